The monoisotopic (exact) mass is 610 g/mol. The zero-order valence-electron chi connectivity index (χ0n) is 7.00. The molecule has 0 aromatic carbocycles. The average Bonchev–Trinajstić information content (AvgIpc) is 2.11. The van der Waals surface area contributed by atoms with Crippen molar-refractivity contribution in [2.45, 2.75) is 0 Å². The van der Waals surface area contributed by atoms with Gasteiger partial charge in [0.15, 0.2) is 0 Å². The summed E-state index contributed by atoms with van der Waals surface area (Å²) in [5.74, 6) is 0. The Morgan fingerprint density at radius 2 is 1.14 bits per heavy atom. The van der Waals surface area contributed by atoms with E-state index >= 15 is 0 Å². The van der Waals surface area contributed by atoms with E-state index in [-0.39, 0.29) is 18.5 Å². The quantitative estimate of drug-likeness (QED) is 0.396. The molecule has 0 amide bonds. The standard InChI is InChI=1S/C2H4Cl3O2Te.2ClH.H3N.2H2N.Pt/c3-8(4,5)6-1-2-7-8;;;;;;/h1-2H2;2*1H;1H3;2*1H2;/q;;;;2*-1;+4/p-1. The van der Waals surface area contributed by atoms with Crippen LogP contribution in [0.5, 0.6) is 0 Å². The minimum atomic E-state index is -4.20. The van der Waals surface area contributed by atoms with E-state index < -0.39 is 30.8 Å². The van der Waals surface area contributed by atoms with E-state index in [4.69, 9.17) is 51.9 Å². The average molecular weight is 610 g/mol. The van der Waals surface area contributed by atoms with Crippen LogP contribution in [-0.2, 0) is 22.7 Å². The third-order valence-corrected chi connectivity index (χ3v) is 7.23. The van der Waals surface area contributed by atoms with Crippen LogP contribution in [0.2, 0.25) is 0 Å². The predicted octanol–water partition coefficient (Wildman–Crippen LogP) is 4.82. The summed E-state index contributed by atoms with van der Waals surface area (Å²) in [5.41, 5.74) is 0. The van der Waals surface area contributed by atoms with E-state index in [1.807, 2.05) is 0 Å². The Bertz CT molecular complexity index is 126. The minimum absolute atomic E-state index is 0. The van der Waals surface area contributed by atoms with E-state index in [2.05, 4.69) is 0 Å². The molecule has 1 saturated heterocycles. The molecule has 0 spiro atoms. The van der Waals surface area contributed by atoms with Gasteiger partial charge in [0, 0.05) is 0 Å². The van der Waals surface area contributed by atoms with Gasteiger partial charge in [0.05, 0.1) is 0 Å². The molecule has 0 aromatic rings. The summed E-state index contributed by atoms with van der Waals surface area (Å²) in [5, 5.41) is 0. The zero-order valence-corrected chi connectivity index (χ0v) is 15.4. The summed E-state index contributed by atoms with van der Waals surface area (Å²) in [7, 11) is 26.3. The molecule has 8 N–H and O–H groups in total. The number of nitrogens with two attached hydrogens (primary N) is 2. The molecule has 97 valence electrons. The Balaban J connectivity index is -0.0000000758. The summed E-state index contributed by atoms with van der Waals surface area (Å²) < 4.78 is 9.59. The topological polar surface area (TPSA) is 122 Å². The van der Waals surface area contributed by atoms with E-state index in [9.17, 15) is 0 Å². The van der Waals surface area contributed by atoms with Gasteiger partial charge in [0.1, 0.15) is 0 Å². The fourth-order valence-electron chi connectivity index (χ4n) is 0.359. The van der Waals surface area contributed by atoms with Crippen molar-refractivity contribution in [2.75, 3.05) is 13.2 Å². The van der Waals surface area contributed by atoms with Gasteiger partial charge in [-0.05, 0) is 0 Å². The van der Waals surface area contributed by atoms with Gasteiger partial charge in [-0.25, -0.2) is 0 Å². The van der Waals surface area contributed by atoms with Crippen molar-refractivity contribution in [2.24, 2.45) is 0 Å². The van der Waals surface area contributed by atoms with Gasteiger partial charge in [-0.2, -0.15) is 0 Å². The van der Waals surface area contributed by atoms with E-state index in [1.165, 1.54) is 0 Å². The Labute approximate surface area is 113 Å². The molecule has 0 bridgehead atoms. The first kappa shape index (κ1) is 25.5. The summed E-state index contributed by atoms with van der Waals surface area (Å²) in [6.45, 7) is 0.823. The molecule has 1 rings (SSSR count). The van der Waals surface area contributed by atoms with Crippen LogP contribution < -0.4 is 6.15 Å². The molecule has 0 unspecified atom stereocenters. The fraction of sp³-hybridized carbons (Fsp3) is 1.00. The second kappa shape index (κ2) is 10.9. The van der Waals surface area contributed by atoms with Crippen LogP contribution in [0.3, 0.4) is 0 Å². The van der Waals surface area contributed by atoms with Gasteiger partial charge in [-0.3, -0.25) is 0 Å². The predicted molar refractivity (Wildman–Crippen MR) is 63.5 cm³/mol. The molecular formula is C2H12Cl5N3O2PtTe+. The number of quaternary nitrogens is 1. The van der Waals surface area contributed by atoms with Crippen LogP contribution in [0.25, 0.3) is 12.3 Å². The van der Waals surface area contributed by atoms with Crippen molar-refractivity contribution < 1.29 is 22.7 Å². The van der Waals surface area contributed by atoms with Crippen molar-refractivity contribution in [1.82, 2.24) is 6.15 Å². The molecule has 1 aliphatic rings. The Hall–Kier alpha value is 2.73. The summed E-state index contributed by atoms with van der Waals surface area (Å²) in [4.78, 5) is 0. The van der Waals surface area contributed by atoms with Crippen LogP contribution in [-0.4, -0.2) is 27.5 Å². The third kappa shape index (κ3) is 14.7. The fourth-order valence-corrected chi connectivity index (χ4v) is 4.94. The van der Waals surface area contributed by atoms with Crippen LogP contribution in [0.15, 0.2) is 0 Å². The zero-order chi connectivity index (χ0) is 8.98. The van der Waals surface area contributed by atoms with Gasteiger partial charge in [0.25, 0.3) is 0 Å². The van der Waals surface area contributed by atoms with E-state index in [0.717, 1.165) is 0 Å². The first-order chi connectivity index (χ1) is 4.89. The molecule has 12 heteroatoms. The number of hydrogen-bond acceptors (Lipinski definition) is 2. The Kier molecular flexibility index (Phi) is 19.8. The van der Waals surface area contributed by atoms with Crippen molar-refractivity contribution in [3.8, 4) is 0 Å². The van der Waals surface area contributed by atoms with Crippen LogP contribution in [0.1, 0.15) is 0 Å². The Morgan fingerprint density at radius 1 is 0.929 bits per heavy atom. The van der Waals surface area contributed by atoms with Gasteiger partial charge >= 0.3 is 95.9 Å². The number of hydrogen-bond donors (Lipinski definition) is 1. The van der Waals surface area contributed by atoms with Gasteiger partial charge < -0.3 is 18.5 Å². The smallest absolute Gasteiger partial charge is 0.369 e. The van der Waals surface area contributed by atoms with Crippen LogP contribution in [0.4, 0.5) is 0 Å². The summed E-state index contributed by atoms with van der Waals surface area (Å²) >= 11 is -4.67. The molecular weight excluding hydrogens is 598 g/mol. The van der Waals surface area contributed by atoms with Gasteiger partial charge in [-0.15, -0.1) is 0 Å². The second-order valence-electron chi connectivity index (χ2n) is 1.31. The minimum Gasteiger partial charge on any atom is -0.693 e. The first-order valence-corrected chi connectivity index (χ1v) is 18.5. The summed E-state index contributed by atoms with van der Waals surface area (Å²) in [6.07, 6.45) is 0. The largest absolute Gasteiger partial charge is 0.693 e. The van der Waals surface area contributed by atoms with Crippen LogP contribution in [0, 0.1) is 0 Å². The van der Waals surface area contributed by atoms with Gasteiger partial charge in [0.2, 0.25) is 0 Å². The maximum absolute atomic E-state index is 5.50. The van der Waals surface area contributed by atoms with E-state index in [1.54, 1.807) is 0 Å². The van der Waals surface area contributed by atoms with Crippen molar-refractivity contribution in [3.63, 3.8) is 0 Å². The maximum Gasteiger partial charge on any atom is -0.369 e. The van der Waals surface area contributed by atoms with Gasteiger partial charge in [-0.1, -0.05) is 0 Å². The molecule has 5 nitrogen and oxygen atoms in total. The number of halogens is 5. The molecule has 1 heterocycles. The van der Waals surface area contributed by atoms with Crippen LogP contribution >= 0.6 is 45.7 Å². The molecule has 1 aliphatic heterocycles. The normalized spacial score (nSPS) is 23.4. The molecule has 14 heavy (non-hydrogen) atoms. The molecule has 0 saturated carbocycles. The number of rotatable bonds is 0. The second-order valence-corrected chi connectivity index (χ2v) is 23.9. The first-order valence-electron chi connectivity index (χ1n) is 2.11. The maximum atomic E-state index is 5.50. The van der Waals surface area contributed by atoms with Crippen molar-refractivity contribution in [1.29, 1.82) is 0 Å². The van der Waals surface area contributed by atoms with E-state index in [0.29, 0.717) is 13.2 Å². The SMILES string of the molecule is Cl[Te]1(Cl)(Cl)OCCO1.[Cl][Pt+2][Cl].[NH2-].[NH2-].[NH4+]. The molecule has 1 radical (unpaired) electrons. The molecule has 1 fully saturated rings. The molecule has 0 aromatic heterocycles. The van der Waals surface area contributed by atoms with Crippen molar-refractivity contribution >= 4 is 60.0 Å². The summed E-state index contributed by atoms with van der Waals surface area (Å²) in [6, 6.07) is 0. The Morgan fingerprint density at radius 3 is 1.21 bits per heavy atom. The molecule has 0 aliphatic carbocycles. The van der Waals surface area contributed by atoms with Crippen molar-refractivity contribution in [3.05, 3.63) is 12.3 Å². The molecule has 0 atom stereocenters. The third-order valence-electron chi connectivity index (χ3n) is 0.613.